The number of aliphatic carboxylic acids is 3. The molecule has 0 aliphatic rings. The number of hydrogen-bond acceptors (Lipinski definition) is 12. The molecule has 0 bridgehead atoms. The van der Waals surface area contributed by atoms with Crippen LogP contribution in [0.1, 0.15) is 72.1 Å². The maximum atomic E-state index is 10.1. The van der Waals surface area contributed by atoms with Gasteiger partial charge in [-0.15, -0.1) is 0 Å². The molecule has 0 aliphatic carbocycles. The molecule has 0 saturated heterocycles. The molecule has 35 heavy (non-hydrogen) atoms. The average Bonchev–Trinajstić information content (AvgIpc) is 2.71. The van der Waals surface area contributed by atoms with Gasteiger partial charge in [-0.1, -0.05) is 6.42 Å². The molecule has 204 valence electrons. The Morgan fingerprint density at radius 3 is 1.46 bits per heavy atom. The fourth-order valence-corrected chi connectivity index (χ4v) is 2.39. The smallest absolute Gasteiger partial charge is 0.748 e. The van der Waals surface area contributed by atoms with Crippen LogP contribution in [0.15, 0.2) is 0 Å². The minimum atomic E-state index is -4.32. The van der Waals surface area contributed by atoms with Gasteiger partial charge in [-0.25, -0.2) is 13.2 Å². The molecule has 0 amide bonds. The molecule has 5 N–H and O–H groups in total. The van der Waals surface area contributed by atoms with Gasteiger partial charge >= 0.3 is 37.0 Å². The topological polar surface area (TPSA) is 256 Å². The van der Waals surface area contributed by atoms with Crippen molar-refractivity contribution in [2.45, 2.75) is 76.7 Å². The third kappa shape index (κ3) is 65.5. The summed E-state index contributed by atoms with van der Waals surface area (Å²) < 4.78 is 30.3. The summed E-state index contributed by atoms with van der Waals surface area (Å²) >= 11 is 0. The summed E-state index contributed by atoms with van der Waals surface area (Å²) in [6, 6.07) is 0. The molecule has 0 saturated carbocycles. The summed E-state index contributed by atoms with van der Waals surface area (Å²) in [6.07, 6.45) is 3.44. The predicted molar refractivity (Wildman–Crippen MR) is 117 cm³/mol. The number of carboxylic acid groups (broad SMARTS) is 3. The van der Waals surface area contributed by atoms with E-state index < -0.39 is 39.9 Å². The molecule has 0 heterocycles. The van der Waals surface area contributed by atoms with Crippen LogP contribution in [0.2, 0.25) is 0 Å². The average molecular weight is 543 g/mol. The molecule has 1 atom stereocenters. The number of carbonyl (C=O) groups is 3. The van der Waals surface area contributed by atoms with Gasteiger partial charge in [0.2, 0.25) is 0 Å². The molecule has 0 spiro atoms. The first-order valence-electron chi connectivity index (χ1n) is 10.6. The zero-order valence-electron chi connectivity index (χ0n) is 21.3. The van der Waals surface area contributed by atoms with Crippen LogP contribution in [-0.4, -0.2) is 88.1 Å². The monoisotopic (exact) mass is 542 g/mol. The first-order valence-corrected chi connectivity index (χ1v) is 12.2. The summed E-state index contributed by atoms with van der Waals surface area (Å²) in [5, 5.41) is 60.9. The number of hydrogen-bond donors (Lipinski definition) is 5. The molecule has 15 heteroatoms. The second-order valence-corrected chi connectivity index (χ2v) is 8.15. The molecule has 0 aromatic carbocycles. The fraction of sp³-hybridized carbons (Fsp3) is 0.800. The van der Waals surface area contributed by atoms with Crippen LogP contribution >= 0.6 is 0 Å². The number of rotatable bonds is 16. The van der Waals surface area contributed by atoms with Gasteiger partial charge in [0, 0.05) is 31.8 Å². The minimum absolute atomic E-state index is 0. The van der Waals surface area contributed by atoms with Crippen molar-refractivity contribution in [3.8, 4) is 0 Å². The Bertz CT molecular complexity index is 592. The van der Waals surface area contributed by atoms with E-state index in [1.54, 1.807) is 0 Å². The first kappa shape index (κ1) is 44.1. The van der Waals surface area contributed by atoms with E-state index in [9.17, 15) is 37.6 Å². The first-order chi connectivity index (χ1) is 15.8. The molecule has 1 unspecified atom stereocenters. The third-order valence-electron chi connectivity index (χ3n) is 3.38. The van der Waals surface area contributed by atoms with Crippen LogP contribution in [0.5, 0.6) is 0 Å². The van der Waals surface area contributed by atoms with Crippen LogP contribution in [0, 0.1) is 6.92 Å². The molecule has 0 radical (unpaired) electrons. The van der Waals surface area contributed by atoms with Crippen LogP contribution in [0.3, 0.4) is 0 Å². The quantitative estimate of drug-likeness (QED) is 0.0529. The molecule has 0 aromatic rings. The second-order valence-electron chi connectivity index (χ2n) is 6.70. The Morgan fingerprint density at radius 1 is 0.800 bits per heavy atom. The SMILES string of the molecule is O=C([O-])CCCCCO.O=C([O-])CCCCO.O=S(=O)([O-])CC(O)CCCCO.[CH2+]CC(=O)O.[H+].[Na+]. The summed E-state index contributed by atoms with van der Waals surface area (Å²) in [5.41, 5.74) is 0. The van der Waals surface area contributed by atoms with Crippen molar-refractivity contribution in [1.29, 1.82) is 0 Å². The Morgan fingerprint density at radius 2 is 1.14 bits per heavy atom. The van der Waals surface area contributed by atoms with Crippen LogP contribution in [0.4, 0.5) is 0 Å². The van der Waals surface area contributed by atoms with Gasteiger partial charge in [0.25, 0.3) is 0 Å². The van der Waals surface area contributed by atoms with Gasteiger partial charge in [-0.05, 0) is 57.8 Å². The molecular weight excluding hydrogens is 503 g/mol. The zero-order chi connectivity index (χ0) is 27.4. The van der Waals surface area contributed by atoms with Crippen molar-refractivity contribution < 1.29 is 94.1 Å². The Labute approximate surface area is 230 Å². The van der Waals surface area contributed by atoms with Crippen LogP contribution in [-0.2, 0) is 24.5 Å². The summed E-state index contributed by atoms with van der Waals surface area (Å²) in [4.78, 5) is 28.8. The van der Waals surface area contributed by atoms with E-state index in [4.69, 9.17) is 25.5 Å². The third-order valence-corrected chi connectivity index (χ3v) is 4.18. The normalized spacial score (nSPS) is 10.5. The maximum Gasteiger partial charge on any atom is 1.00 e. The van der Waals surface area contributed by atoms with E-state index in [0.717, 1.165) is 6.42 Å². The van der Waals surface area contributed by atoms with Gasteiger partial charge in [0.05, 0.1) is 28.9 Å². The van der Waals surface area contributed by atoms with Crippen molar-refractivity contribution in [3.05, 3.63) is 6.92 Å². The Hall–Kier alpha value is -0.970. The molecule has 0 aliphatic heterocycles. The Balaban J connectivity index is -0.0000000850. The molecule has 0 rings (SSSR count). The van der Waals surface area contributed by atoms with E-state index in [2.05, 4.69) is 6.92 Å². The maximum absolute atomic E-state index is 10.1. The molecule has 0 aromatic heterocycles. The van der Waals surface area contributed by atoms with E-state index in [1.807, 2.05) is 0 Å². The largest absolute Gasteiger partial charge is 1.00 e. The molecular formula is C20H39NaO13S. The van der Waals surface area contributed by atoms with Crippen molar-refractivity contribution >= 4 is 28.0 Å². The van der Waals surface area contributed by atoms with Gasteiger partial charge in [0.1, 0.15) is 0 Å². The van der Waals surface area contributed by atoms with Gasteiger partial charge < -0.3 is 49.9 Å². The van der Waals surface area contributed by atoms with Gasteiger partial charge in [-0.3, -0.25) is 0 Å². The summed E-state index contributed by atoms with van der Waals surface area (Å²) in [5.74, 6) is -3.64. The molecule has 0 fully saturated rings. The molecule has 13 nitrogen and oxygen atoms in total. The summed E-state index contributed by atoms with van der Waals surface area (Å²) in [6.45, 7) is 3.31. The van der Waals surface area contributed by atoms with Gasteiger partial charge in [-0.2, -0.15) is 0 Å². The van der Waals surface area contributed by atoms with Crippen molar-refractivity contribution in [3.63, 3.8) is 0 Å². The standard InChI is InChI=1S/C6H14O5S.C6H12O3.C5H10O3.C3H4O2.Na/c7-4-2-1-3-6(8)5-12(9,10)11;7-5-3-1-2-4-6(8)9;6-4-2-1-3-5(7)8;1-2-3(4)5;/h6-8H,1-5H2,(H,9,10,11);7H,1-5H2,(H,8,9);6H,1-4H2,(H,7,8);1-2H2;/q;;;;+1/p-1. The van der Waals surface area contributed by atoms with E-state index in [1.165, 1.54) is 0 Å². The fourth-order valence-electron chi connectivity index (χ4n) is 1.75. The van der Waals surface area contributed by atoms with E-state index in [-0.39, 0.29) is 76.5 Å². The van der Waals surface area contributed by atoms with Crippen molar-refractivity contribution in [1.82, 2.24) is 0 Å². The number of aliphatic hydroxyl groups excluding tert-OH is 4. The van der Waals surface area contributed by atoms with Gasteiger partial charge in [0.15, 0.2) is 6.42 Å². The Kier molecular flexibility index (Phi) is 41.6. The second kappa shape index (κ2) is 33.0. The van der Waals surface area contributed by atoms with E-state index >= 15 is 0 Å². The van der Waals surface area contributed by atoms with Crippen molar-refractivity contribution in [2.75, 3.05) is 25.6 Å². The number of carbonyl (C=O) groups excluding carboxylic acids is 2. The zero-order valence-corrected chi connectivity index (χ0v) is 23.1. The predicted octanol–water partition coefficient (Wildman–Crippen LogP) is -5.35. The number of unbranched alkanes of at least 4 members (excludes halogenated alkanes) is 4. The number of carboxylic acids is 3. The van der Waals surface area contributed by atoms with E-state index in [0.29, 0.717) is 38.5 Å². The van der Waals surface area contributed by atoms with Crippen molar-refractivity contribution in [2.24, 2.45) is 0 Å². The number of aliphatic hydroxyl groups is 4. The van der Waals surface area contributed by atoms with Crippen LogP contribution in [0.25, 0.3) is 0 Å². The van der Waals surface area contributed by atoms with Crippen LogP contribution < -0.4 is 39.8 Å². The summed E-state index contributed by atoms with van der Waals surface area (Å²) in [7, 11) is -4.32. The minimum Gasteiger partial charge on any atom is -0.748 e.